The number of halogens is 1. The summed E-state index contributed by atoms with van der Waals surface area (Å²) in [6.45, 7) is 3.91. The number of carbonyl (C=O) groups excluding carboxylic acids is 1. The van der Waals surface area contributed by atoms with Gasteiger partial charge in [0.1, 0.15) is 5.82 Å². The van der Waals surface area contributed by atoms with E-state index in [1.807, 2.05) is 19.9 Å². The van der Waals surface area contributed by atoms with E-state index in [2.05, 4.69) is 4.74 Å². The quantitative estimate of drug-likeness (QED) is 0.732. The van der Waals surface area contributed by atoms with Crippen molar-refractivity contribution in [2.75, 3.05) is 7.11 Å². The number of hydrogen-bond acceptors (Lipinski definition) is 2. The topological polar surface area (TPSA) is 26.3 Å². The molecule has 0 aliphatic rings. The summed E-state index contributed by atoms with van der Waals surface area (Å²) >= 11 is 0. The minimum atomic E-state index is -0.650. The standard InChI is InChI=1S/C13H15FO2/c1-4-9(5-2)10-6-7-11(12(14)8-10)13(15)16-3/h4,6-8H,5H2,1-3H3. The van der Waals surface area contributed by atoms with Crippen LogP contribution in [0.1, 0.15) is 36.2 Å². The molecular weight excluding hydrogens is 207 g/mol. The fraction of sp³-hybridized carbons (Fsp3) is 0.308. The normalized spacial score (nSPS) is 11.4. The van der Waals surface area contributed by atoms with Gasteiger partial charge in [-0.1, -0.05) is 19.1 Å². The Labute approximate surface area is 94.7 Å². The van der Waals surface area contributed by atoms with Crippen molar-refractivity contribution in [2.24, 2.45) is 0 Å². The van der Waals surface area contributed by atoms with Crippen LogP contribution in [0.2, 0.25) is 0 Å². The number of carbonyl (C=O) groups is 1. The van der Waals surface area contributed by atoms with Gasteiger partial charge in [-0.25, -0.2) is 9.18 Å². The largest absolute Gasteiger partial charge is 0.465 e. The Balaban J connectivity index is 3.13. The van der Waals surface area contributed by atoms with E-state index in [4.69, 9.17) is 0 Å². The Hall–Kier alpha value is -1.64. The zero-order valence-electron chi connectivity index (χ0n) is 9.71. The molecule has 1 aromatic carbocycles. The van der Waals surface area contributed by atoms with Crippen molar-refractivity contribution in [3.05, 3.63) is 41.2 Å². The lowest BCUT2D eigenvalue weighted by molar-refractivity contribution is 0.0595. The van der Waals surface area contributed by atoms with Crippen LogP contribution in [0, 0.1) is 5.82 Å². The highest BCUT2D eigenvalue weighted by Crippen LogP contribution is 2.20. The summed E-state index contributed by atoms with van der Waals surface area (Å²) in [5.74, 6) is -1.19. The summed E-state index contributed by atoms with van der Waals surface area (Å²) in [4.78, 5) is 11.2. The van der Waals surface area contributed by atoms with Gasteiger partial charge in [0.15, 0.2) is 0 Å². The molecule has 1 rings (SSSR count). The molecule has 0 unspecified atom stereocenters. The maximum absolute atomic E-state index is 13.6. The summed E-state index contributed by atoms with van der Waals surface area (Å²) in [7, 11) is 1.24. The first kappa shape index (κ1) is 12.4. The van der Waals surface area contributed by atoms with E-state index in [9.17, 15) is 9.18 Å². The van der Waals surface area contributed by atoms with Crippen molar-refractivity contribution in [3.8, 4) is 0 Å². The molecule has 3 heteroatoms. The zero-order chi connectivity index (χ0) is 12.1. The molecule has 0 heterocycles. The van der Waals surface area contributed by atoms with Gasteiger partial charge < -0.3 is 4.74 Å². The Bertz CT molecular complexity index is 422. The van der Waals surface area contributed by atoms with Gasteiger partial charge in [-0.15, -0.1) is 0 Å². The van der Waals surface area contributed by atoms with Gasteiger partial charge in [0.05, 0.1) is 12.7 Å². The van der Waals surface area contributed by atoms with Gasteiger partial charge in [-0.2, -0.15) is 0 Å². The minimum absolute atomic E-state index is 0.0298. The maximum atomic E-state index is 13.6. The van der Waals surface area contributed by atoms with Crippen LogP contribution in [-0.2, 0) is 4.74 Å². The molecule has 0 spiro atoms. The third kappa shape index (κ3) is 2.48. The molecule has 0 bridgehead atoms. The van der Waals surface area contributed by atoms with Gasteiger partial charge in [0, 0.05) is 0 Å². The SMILES string of the molecule is CC=C(CC)c1ccc(C(=O)OC)c(F)c1. The monoisotopic (exact) mass is 222 g/mol. The molecule has 0 aliphatic heterocycles. The zero-order valence-corrected chi connectivity index (χ0v) is 9.71. The third-order valence-corrected chi connectivity index (χ3v) is 2.47. The average Bonchev–Trinajstić information content (AvgIpc) is 2.30. The number of hydrogen-bond donors (Lipinski definition) is 0. The maximum Gasteiger partial charge on any atom is 0.340 e. The van der Waals surface area contributed by atoms with Crippen LogP contribution >= 0.6 is 0 Å². The second kappa shape index (κ2) is 5.45. The van der Waals surface area contributed by atoms with Gasteiger partial charge >= 0.3 is 5.97 Å². The minimum Gasteiger partial charge on any atom is -0.465 e. The summed E-state index contributed by atoms with van der Waals surface area (Å²) < 4.78 is 18.1. The van der Waals surface area contributed by atoms with Gasteiger partial charge in [0.2, 0.25) is 0 Å². The van der Waals surface area contributed by atoms with Crippen LogP contribution in [0.25, 0.3) is 5.57 Å². The lowest BCUT2D eigenvalue weighted by Crippen LogP contribution is -2.04. The predicted octanol–water partition coefficient (Wildman–Crippen LogP) is 3.43. The Morgan fingerprint density at radius 2 is 2.19 bits per heavy atom. The number of allylic oxidation sites excluding steroid dienone is 2. The molecule has 0 N–H and O–H groups in total. The molecule has 0 amide bonds. The number of ether oxygens (including phenoxy) is 1. The van der Waals surface area contributed by atoms with Crippen molar-refractivity contribution < 1.29 is 13.9 Å². The second-order valence-electron chi connectivity index (χ2n) is 3.35. The Morgan fingerprint density at radius 3 is 2.62 bits per heavy atom. The van der Waals surface area contributed by atoms with E-state index in [0.717, 1.165) is 17.6 Å². The van der Waals surface area contributed by atoms with E-state index >= 15 is 0 Å². The van der Waals surface area contributed by atoms with Crippen LogP contribution in [0.15, 0.2) is 24.3 Å². The highest BCUT2D eigenvalue weighted by molar-refractivity contribution is 5.90. The first-order valence-corrected chi connectivity index (χ1v) is 5.17. The molecule has 1 aromatic rings. The lowest BCUT2D eigenvalue weighted by Gasteiger charge is -2.06. The van der Waals surface area contributed by atoms with E-state index < -0.39 is 11.8 Å². The first-order chi connectivity index (χ1) is 7.63. The van der Waals surface area contributed by atoms with Crippen molar-refractivity contribution >= 4 is 11.5 Å². The number of methoxy groups -OCH3 is 1. The summed E-state index contributed by atoms with van der Waals surface area (Å²) in [6.07, 6.45) is 2.76. The molecule has 0 saturated heterocycles. The lowest BCUT2D eigenvalue weighted by atomic mass is 10.0. The van der Waals surface area contributed by atoms with Crippen LogP contribution in [0.3, 0.4) is 0 Å². The summed E-state index contributed by atoms with van der Waals surface area (Å²) in [5.41, 5.74) is 1.82. The van der Waals surface area contributed by atoms with Gasteiger partial charge in [-0.05, 0) is 36.6 Å². The van der Waals surface area contributed by atoms with Crippen molar-refractivity contribution in [1.82, 2.24) is 0 Å². The van der Waals surface area contributed by atoms with Crippen LogP contribution < -0.4 is 0 Å². The highest BCUT2D eigenvalue weighted by atomic mass is 19.1. The fourth-order valence-electron chi connectivity index (χ4n) is 1.57. The predicted molar refractivity (Wildman–Crippen MR) is 61.7 cm³/mol. The smallest absolute Gasteiger partial charge is 0.340 e. The molecule has 0 fully saturated rings. The third-order valence-electron chi connectivity index (χ3n) is 2.47. The molecule has 2 nitrogen and oxygen atoms in total. The number of rotatable bonds is 3. The molecular formula is C13H15FO2. The van der Waals surface area contributed by atoms with E-state index in [-0.39, 0.29) is 5.56 Å². The Morgan fingerprint density at radius 1 is 1.50 bits per heavy atom. The highest BCUT2D eigenvalue weighted by Gasteiger charge is 2.12. The van der Waals surface area contributed by atoms with E-state index in [1.54, 1.807) is 6.07 Å². The van der Waals surface area contributed by atoms with Crippen molar-refractivity contribution in [1.29, 1.82) is 0 Å². The Kier molecular flexibility index (Phi) is 4.23. The van der Waals surface area contributed by atoms with E-state index in [1.165, 1.54) is 19.2 Å². The fourth-order valence-corrected chi connectivity index (χ4v) is 1.57. The number of benzene rings is 1. The van der Waals surface area contributed by atoms with Crippen molar-refractivity contribution in [2.45, 2.75) is 20.3 Å². The molecule has 16 heavy (non-hydrogen) atoms. The molecule has 0 aliphatic carbocycles. The summed E-state index contributed by atoms with van der Waals surface area (Å²) in [6, 6.07) is 4.55. The molecule has 0 saturated carbocycles. The second-order valence-corrected chi connectivity index (χ2v) is 3.35. The van der Waals surface area contributed by atoms with Crippen LogP contribution in [-0.4, -0.2) is 13.1 Å². The van der Waals surface area contributed by atoms with Crippen LogP contribution in [0.5, 0.6) is 0 Å². The molecule has 0 radical (unpaired) electrons. The summed E-state index contributed by atoms with van der Waals surface area (Å²) in [5, 5.41) is 0. The first-order valence-electron chi connectivity index (χ1n) is 5.17. The van der Waals surface area contributed by atoms with Gasteiger partial charge in [-0.3, -0.25) is 0 Å². The van der Waals surface area contributed by atoms with Crippen LogP contribution in [0.4, 0.5) is 4.39 Å². The number of esters is 1. The van der Waals surface area contributed by atoms with E-state index in [0.29, 0.717) is 0 Å². The van der Waals surface area contributed by atoms with Crippen molar-refractivity contribution in [3.63, 3.8) is 0 Å². The molecule has 0 aromatic heterocycles. The molecule has 0 atom stereocenters. The molecule has 86 valence electrons. The average molecular weight is 222 g/mol. The van der Waals surface area contributed by atoms with Gasteiger partial charge in [0.25, 0.3) is 0 Å².